The fraction of sp³-hybridized carbons (Fsp3) is 0.933. The van der Waals surface area contributed by atoms with Gasteiger partial charge >= 0.3 is 6.18 Å². The Morgan fingerprint density at radius 1 is 1.20 bits per heavy atom. The summed E-state index contributed by atoms with van der Waals surface area (Å²) in [6, 6.07) is 0.142. The summed E-state index contributed by atoms with van der Waals surface area (Å²) in [5.41, 5.74) is 0.235. The average molecular weight is 291 g/mol. The van der Waals surface area contributed by atoms with Crippen LogP contribution in [0.25, 0.3) is 0 Å². The van der Waals surface area contributed by atoms with Crippen LogP contribution in [-0.4, -0.2) is 18.1 Å². The number of hydrogen-bond donors (Lipinski definition) is 1. The van der Waals surface area contributed by atoms with Crippen LogP contribution in [-0.2, 0) is 4.79 Å². The van der Waals surface area contributed by atoms with Crippen molar-refractivity contribution in [2.45, 2.75) is 71.0 Å². The maximum Gasteiger partial charge on any atom is 0.391 e. The standard InChI is InChI=1S/C15H24F3NO/c1-14(2)7-6-12(9-14)19-13(20)10-4-3-5-11(8-10)15(16,17)18/h10-12H,3-9H2,1-2H3,(H,19,20). The third kappa shape index (κ3) is 3.89. The van der Waals surface area contributed by atoms with Crippen molar-refractivity contribution in [3.63, 3.8) is 0 Å². The lowest BCUT2D eigenvalue weighted by molar-refractivity contribution is -0.186. The molecule has 2 aliphatic rings. The summed E-state index contributed by atoms with van der Waals surface area (Å²) in [4.78, 5) is 12.2. The van der Waals surface area contributed by atoms with Crippen molar-refractivity contribution < 1.29 is 18.0 Å². The van der Waals surface area contributed by atoms with Crippen LogP contribution >= 0.6 is 0 Å². The van der Waals surface area contributed by atoms with Gasteiger partial charge < -0.3 is 5.32 Å². The summed E-state index contributed by atoms with van der Waals surface area (Å²) in [5.74, 6) is -1.92. The molecule has 1 amide bonds. The largest absolute Gasteiger partial charge is 0.391 e. The van der Waals surface area contributed by atoms with Crippen LogP contribution in [0, 0.1) is 17.3 Å². The van der Waals surface area contributed by atoms with E-state index in [1.54, 1.807) is 0 Å². The third-order valence-electron chi connectivity index (χ3n) is 4.82. The van der Waals surface area contributed by atoms with Gasteiger partial charge in [-0.2, -0.15) is 13.2 Å². The van der Waals surface area contributed by atoms with Crippen molar-refractivity contribution in [3.8, 4) is 0 Å². The summed E-state index contributed by atoms with van der Waals surface area (Å²) in [6.45, 7) is 4.33. The zero-order chi connectivity index (χ0) is 15.0. The van der Waals surface area contributed by atoms with Gasteiger partial charge in [-0.3, -0.25) is 4.79 Å². The highest BCUT2D eigenvalue weighted by Crippen LogP contribution is 2.41. The van der Waals surface area contributed by atoms with Crippen molar-refractivity contribution in [3.05, 3.63) is 0 Å². The fourth-order valence-corrected chi connectivity index (χ4v) is 3.60. The SMILES string of the molecule is CC1(C)CCC(NC(=O)C2CCCC(C(F)(F)F)C2)C1. The van der Waals surface area contributed by atoms with Crippen molar-refractivity contribution in [2.24, 2.45) is 17.3 Å². The van der Waals surface area contributed by atoms with Crippen LogP contribution in [0.4, 0.5) is 13.2 Å². The maximum atomic E-state index is 12.8. The molecule has 0 bridgehead atoms. The summed E-state index contributed by atoms with van der Waals surface area (Å²) >= 11 is 0. The molecule has 3 atom stereocenters. The van der Waals surface area contributed by atoms with E-state index < -0.39 is 18.0 Å². The van der Waals surface area contributed by atoms with Crippen LogP contribution < -0.4 is 5.32 Å². The van der Waals surface area contributed by atoms with E-state index in [9.17, 15) is 18.0 Å². The number of nitrogens with one attached hydrogen (secondary N) is 1. The molecular weight excluding hydrogens is 267 g/mol. The Hall–Kier alpha value is -0.740. The smallest absolute Gasteiger partial charge is 0.353 e. The molecule has 2 fully saturated rings. The molecule has 2 saturated carbocycles. The molecule has 0 aromatic rings. The molecule has 0 aromatic carbocycles. The lowest BCUT2D eigenvalue weighted by Gasteiger charge is -2.30. The van der Waals surface area contributed by atoms with E-state index in [1.807, 2.05) is 0 Å². The monoisotopic (exact) mass is 291 g/mol. The number of rotatable bonds is 2. The summed E-state index contributed by atoms with van der Waals surface area (Å²) < 4.78 is 38.3. The first-order chi connectivity index (χ1) is 9.17. The molecule has 0 spiro atoms. The number of hydrogen-bond acceptors (Lipinski definition) is 1. The molecule has 20 heavy (non-hydrogen) atoms. The number of halogens is 3. The zero-order valence-corrected chi connectivity index (χ0v) is 12.2. The highest BCUT2D eigenvalue weighted by molar-refractivity contribution is 5.79. The molecular formula is C15H24F3NO. The van der Waals surface area contributed by atoms with Crippen LogP contribution in [0.2, 0.25) is 0 Å². The van der Waals surface area contributed by atoms with E-state index in [4.69, 9.17) is 0 Å². The molecule has 0 saturated heterocycles. The van der Waals surface area contributed by atoms with Gasteiger partial charge in [-0.25, -0.2) is 0 Å². The first kappa shape index (κ1) is 15.6. The van der Waals surface area contributed by atoms with E-state index in [0.29, 0.717) is 12.8 Å². The Labute approximate surface area is 118 Å². The van der Waals surface area contributed by atoms with Gasteiger partial charge in [0.15, 0.2) is 0 Å². The fourth-order valence-electron chi connectivity index (χ4n) is 3.60. The van der Waals surface area contributed by atoms with Crippen LogP contribution in [0.15, 0.2) is 0 Å². The molecule has 0 aliphatic heterocycles. The zero-order valence-electron chi connectivity index (χ0n) is 12.2. The van der Waals surface area contributed by atoms with E-state index in [-0.39, 0.29) is 30.2 Å². The lowest BCUT2D eigenvalue weighted by Crippen LogP contribution is -2.41. The predicted molar refractivity (Wildman–Crippen MR) is 71.1 cm³/mol. The molecule has 0 aromatic heterocycles. The van der Waals surface area contributed by atoms with Gasteiger partial charge in [0.05, 0.1) is 5.92 Å². The maximum absolute atomic E-state index is 12.8. The Bertz CT molecular complexity index is 365. The second-order valence-corrected chi connectivity index (χ2v) is 7.21. The van der Waals surface area contributed by atoms with Gasteiger partial charge in [-0.15, -0.1) is 0 Å². The molecule has 2 rings (SSSR count). The third-order valence-corrected chi connectivity index (χ3v) is 4.82. The molecule has 2 nitrogen and oxygen atoms in total. The van der Waals surface area contributed by atoms with Gasteiger partial charge in [0, 0.05) is 12.0 Å². The van der Waals surface area contributed by atoms with E-state index in [0.717, 1.165) is 19.3 Å². The predicted octanol–water partition coefficient (Wildman–Crippen LogP) is 4.05. The number of carbonyl (C=O) groups is 1. The first-order valence-corrected chi connectivity index (χ1v) is 7.54. The second kappa shape index (κ2) is 5.57. The van der Waals surface area contributed by atoms with Crippen molar-refractivity contribution >= 4 is 5.91 Å². The van der Waals surface area contributed by atoms with Gasteiger partial charge in [0.25, 0.3) is 0 Å². The van der Waals surface area contributed by atoms with Gasteiger partial charge in [-0.05, 0) is 43.9 Å². The minimum atomic E-state index is -4.16. The Morgan fingerprint density at radius 3 is 2.45 bits per heavy atom. The normalized spacial score (nSPS) is 34.0. The van der Waals surface area contributed by atoms with Gasteiger partial charge in [0.2, 0.25) is 5.91 Å². The van der Waals surface area contributed by atoms with Crippen molar-refractivity contribution in [2.75, 3.05) is 0 Å². The molecule has 3 unspecified atom stereocenters. The highest BCUT2D eigenvalue weighted by Gasteiger charge is 2.44. The minimum Gasteiger partial charge on any atom is -0.353 e. The van der Waals surface area contributed by atoms with Crippen LogP contribution in [0.3, 0.4) is 0 Å². The van der Waals surface area contributed by atoms with Gasteiger partial charge in [0.1, 0.15) is 0 Å². The molecule has 5 heteroatoms. The molecule has 2 aliphatic carbocycles. The first-order valence-electron chi connectivity index (χ1n) is 7.54. The summed E-state index contributed by atoms with van der Waals surface area (Å²) in [7, 11) is 0. The molecule has 1 N–H and O–H groups in total. The average Bonchev–Trinajstić information content (AvgIpc) is 2.68. The summed E-state index contributed by atoms with van der Waals surface area (Å²) in [6.07, 6.45) is -0.00740. The van der Waals surface area contributed by atoms with Gasteiger partial charge in [-0.1, -0.05) is 20.3 Å². The van der Waals surface area contributed by atoms with Crippen LogP contribution in [0.1, 0.15) is 58.8 Å². The summed E-state index contributed by atoms with van der Waals surface area (Å²) in [5, 5.41) is 2.97. The van der Waals surface area contributed by atoms with Crippen LogP contribution in [0.5, 0.6) is 0 Å². The highest BCUT2D eigenvalue weighted by atomic mass is 19.4. The Balaban J connectivity index is 1.86. The number of amides is 1. The second-order valence-electron chi connectivity index (χ2n) is 7.21. The minimum absolute atomic E-state index is 0.0363. The Morgan fingerprint density at radius 2 is 1.90 bits per heavy atom. The molecule has 116 valence electrons. The van der Waals surface area contributed by atoms with E-state index >= 15 is 0 Å². The lowest BCUT2D eigenvalue weighted by atomic mass is 9.80. The quantitative estimate of drug-likeness (QED) is 0.817. The number of carbonyl (C=O) groups excluding carboxylic acids is 1. The van der Waals surface area contributed by atoms with E-state index in [1.165, 1.54) is 0 Å². The topological polar surface area (TPSA) is 29.1 Å². The van der Waals surface area contributed by atoms with Crippen molar-refractivity contribution in [1.29, 1.82) is 0 Å². The Kier molecular flexibility index (Phi) is 4.35. The number of alkyl halides is 3. The van der Waals surface area contributed by atoms with Crippen molar-refractivity contribution in [1.82, 2.24) is 5.32 Å². The molecule has 0 heterocycles. The molecule has 0 radical (unpaired) electrons. The van der Waals surface area contributed by atoms with E-state index in [2.05, 4.69) is 19.2 Å².